The van der Waals surface area contributed by atoms with Crippen LogP contribution in [0.1, 0.15) is 5.56 Å². The van der Waals surface area contributed by atoms with E-state index in [4.69, 9.17) is 19.9 Å². The number of ether oxygens (including phenoxy) is 1. The average molecular weight is 643 g/mol. The smallest absolute Gasteiger partial charge is 0.475 e. The molecule has 1 aromatic heterocycles. The lowest BCUT2D eigenvalue weighted by atomic mass is 10.1. The summed E-state index contributed by atoms with van der Waals surface area (Å²) < 4.78 is 92.2. The fourth-order valence-corrected chi connectivity index (χ4v) is 5.63. The zero-order valence-electron chi connectivity index (χ0n) is 22.9. The van der Waals surface area contributed by atoms with Gasteiger partial charge in [0.1, 0.15) is 23.4 Å². The van der Waals surface area contributed by atoms with Gasteiger partial charge in [0.2, 0.25) is 0 Å². The van der Waals surface area contributed by atoms with Gasteiger partial charge in [-0.1, -0.05) is 6.07 Å². The minimum atomic E-state index is -5.08. The number of hydrogen-bond donors (Lipinski definition) is 3. The highest BCUT2D eigenvalue weighted by atomic mass is 32.2. The molecule has 17 heteroatoms. The molecule has 2 fully saturated rings. The lowest BCUT2D eigenvalue weighted by molar-refractivity contribution is -0.192. The maximum absolute atomic E-state index is 15.5. The number of aliphatic carboxylic acids is 1. The van der Waals surface area contributed by atoms with Crippen molar-refractivity contribution in [2.45, 2.75) is 12.3 Å². The number of anilines is 2. The van der Waals surface area contributed by atoms with Crippen LogP contribution in [0.15, 0.2) is 42.5 Å². The van der Waals surface area contributed by atoms with E-state index < -0.39 is 33.6 Å². The number of hydrogen-bond acceptors (Lipinski definition) is 9. The van der Waals surface area contributed by atoms with E-state index in [2.05, 4.69) is 15.7 Å². The molecule has 5 rings (SSSR count). The fourth-order valence-electron chi connectivity index (χ4n) is 4.43. The van der Waals surface area contributed by atoms with Crippen molar-refractivity contribution in [1.82, 2.24) is 15.1 Å². The van der Waals surface area contributed by atoms with Gasteiger partial charge in [0, 0.05) is 50.0 Å². The van der Waals surface area contributed by atoms with E-state index in [0.29, 0.717) is 55.5 Å². The summed E-state index contributed by atoms with van der Waals surface area (Å²) in [5.41, 5.74) is 1.50. The van der Waals surface area contributed by atoms with Gasteiger partial charge in [-0.25, -0.2) is 26.7 Å². The van der Waals surface area contributed by atoms with E-state index in [1.165, 1.54) is 22.9 Å². The predicted molar refractivity (Wildman–Crippen MR) is 149 cm³/mol. The van der Waals surface area contributed by atoms with Gasteiger partial charge >= 0.3 is 12.1 Å². The highest BCUT2D eigenvalue weighted by molar-refractivity contribution is 7.91. The molecule has 1 unspecified atom stereocenters. The first-order chi connectivity index (χ1) is 20.8. The van der Waals surface area contributed by atoms with Crippen LogP contribution in [0.25, 0.3) is 16.9 Å². The van der Waals surface area contributed by atoms with Gasteiger partial charge in [0.05, 0.1) is 35.5 Å². The van der Waals surface area contributed by atoms with Crippen molar-refractivity contribution in [3.63, 3.8) is 0 Å². The van der Waals surface area contributed by atoms with Crippen LogP contribution in [0, 0.1) is 23.0 Å². The van der Waals surface area contributed by atoms with E-state index in [-0.39, 0.29) is 28.9 Å². The van der Waals surface area contributed by atoms with Gasteiger partial charge in [-0.05, 0) is 30.3 Å². The van der Waals surface area contributed by atoms with Crippen LogP contribution >= 0.6 is 0 Å². The summed E-state index contributed by atoms with van der Waals surface area (Å²) in [4.78, 5) is 10.7. The summed E-state index contributed by atoms with van der Waals surface area (Å²) in [6, 6.07) is 12.3. The standard InChI is InChI=1S/C25H26F2N6O3S.C2HF3O2/c26-21-11-17(1-2-18(21)14-28)24-13-25(30-16-20-15-29-5-8-36-20)31-33(24)23-4-3-19(12-22(23)27)32-6-9-37(34,35)10-7-32;3-2(4,5)1(6)7/h1-4,11-13,20,29H,5-10,15-16H2,(H,30,31);(H,6,7). The van der Waals surface area contributed by atoms with Crippen LogP contribution in [0.3, 0.4) is 0 Å². The summed E-state index contributed by atoms with van der Waals surface area (Å²) in [5, 5.41) is 27.2. The predicted octanol–water partition coefficient (Wildman–Crippen LogP) is 2.96. The second-order valence-electron chi connectivity index (χ2n) is 9.79. The van der Waals surface area contributed by atoms with Crippen LogP contribution < -0.4 is 15.5 Å². The number of alkyl halides is 3. The van der Waals surface area contributed by atoms with Crippen molar-refractivity contribution in [2.24, 2.45) is 0 Å². The maximum atomic E-state index is 15.5. The molecule has 1 atom stereocenters. The van der Waals surface area contributed by atoms with Crippen molar-refractivity contribution >= 4 is 27.3 Å². The Morgan fingerprint density at radius 3 is 2.41 bits per heavy atom. The van der Waals surface area contributed by atoms with Gasteiger partial charge < -0.3 is 25.4 Å². The topological polar surface area (TPSA) is 150 Å². The van der Waals surface area contributed by atoms with Crippen LogP contribution in [-0.2, 0) is 19.4 Å². The molecule has 0 bridgehead atoms. The molecule has 0 saturated carbocycles. The molecule has 3 heterocycles. The number of aromatic nitrogens is 2. The Kier molecular flexibility index (Phi) is 10.1. The summed E-state index contributed by atoms with van der Waals surface area (Å²) in [7, 11) is -3.06. The molecule has 0 radical (unpaired) electrons. The Balaban J connectivity index is 0.000000566. The minimum absolute atomic E-state index is 0.0270. The Hall–Kier alpha value is -4.27. The molecular weight excluding hydrogens is 615 g/mol. The largest absolute Gasteiger partial charge is 0.490 e. The quantitative estimate of drug-likeness (QED) is 0.343. The SMILES string of the molecule is N#Cc1ccc(-c2cc(NCC3CNCCO3)nn2-c2ccc(N3CCS(=O)(=O)CC3)cc2F)cc1F.O=C(O)C(F)(F)F. The molecule has 236 valence electrons. The molecular formula is C27H27F5N6O5S. The van der Waals surface area contributed by atoms with Crippen molar-refractivity contribution in [1.29, 1.82) is 5.26 Å². The third-order valence-corrected chi connectivity index (χ3v) is 8.33. The highest BCUT2D eigenvalue weighted by Gasteiger charge is 2.38. The number of carboxylic acids is 1. The molecule has 0 amide bonds. The second kappa shape index (κ2) is 13.6. The molecule has 11 nitrogen and oxygen atoms in total. The summed E-state index contributed by atoms with van der Waals surface area (Å²) in [6.07, 6.45) is -5.14. The first kappa shape index (κ1) is 32.6. The van der Waals surface area contributed by atoms with Crippen LogP contribution in [0.4, 0.5) is 33.5 Å². The molecule has 0 aliphatic carbocycles. The number of morpholine rings is 1. The maximum Gasteiger partial charge on any atom is 0.490 e. The zero-order chi connectivity index (χ0) is 32.1. The number of nitrogens with one attached hydrogen (secondary N) is 2. The Morgan fingerprint density at radius 1 is 1.14 bits per heavy atom. The third kappa shape index (κ3) is 8.21. The van der Waals surface area contributed by atoms with Gasteiger partial charge in [-0.3, -0.25) is 0 Å². The first-order valence-electron chi connectivity index (χ1n) is 13.2. The number of benzene rings is 2. The second-order valence-corrected chi connectivity index (χ2v) is 12.1. The highest BCUT2D eigenvalue weighted by Crippen LogP contribution is 2.30. The van der Waals surface area contributed by atoms with E-state index in [1.54, 1.807) is 30.3 Å². The van der Waals surface area contributed by atoms with Gasteiger partial charge in [0.25, 0.3) is 0 Å². The number of rotatable bonds is 6. The number of nitrogens with zero attached hydrogens (tertiary/aromatic N) is 4. The first-order valence-corrected chi connectivity index (χ1v) is 15.0. The monoisotopic (exact) mass is 642 g/mol. The number of carbonyl (C=O) groups is 1. The van der Waals surface area contributed by atoms with E-state index >= 15 is 4.39 Å². The van der Waals surface area contributed by atoms with Gasteiger partial charge in [-0.2, -0.15) is 18.4 Å². The summed E-state index contributed by atoms with van der Waals surface area (Å²) in [5.74, 6) is -3.49. The Labute approximate surface area is 248 Å². The minimum Gasteiger partial charge on any atom is -0.475 e. The lowest BCUT2D eigenvalue weighted by Crippen LogP contribution is -2.42. The molecule has 0 spiro atoms. The van der Waals surface area contributed by atoms with Crippen molar-refractivity contribution in [2.75, 3.05) is 61.1 Å². The summed E-state index contributed by atoms with van der Waals surface area (Å²) in [6.45, 7) is 3.16. The number of halogens is 5. The molecule has 44 heavy (non-hydrogen) atoms. The van der Waals surface area contributed by atoms with Gasteiger partial charge in [-0.15, -0.1) is 5.10 Å². The zero-order valence-corrected chi connectivity index (χ0v) is 23.8. The molecule has 2 aliphatic heterocycles. The fraction of sp³-hybridized carbons (Fsp3) is 0.370. The summed E-state index contributed by atoms with van der Waals surface area (Å²) >= 11 is 0. The molecule has 3 aromatic rings. The normalized spacial score (nSPS) is 18.1. The van der Waals surface area contributed by atoms with Crippen LogP contribution in [0.2, 0.25) is 0 Å². The lowest BCUT2D eigenvalue weighted by Gasteiger charge is -2.29. The van der Waals surface area contributed by atoms with Crippen molar-refractivity contribution in [3.05, 3.63) is 59.7 Å². The molecule has 2 aliphatic rings. The number of carboxylic acid groups (broad SMARTS) is 1. The van der Waals surface area contributed by atoms with Crippen molar-refractivity contribution < 1.29 is 45.0 Å². The van der Waals surface area contributed by atoms with Crippen LogP contribution in [-0.4, -0.2) is 92.4 Å². The van der Waals surface area contributed by atoms with Crippen molar-refractivity contribution in [3.8, 4) is 23.0 Å². The Morgan fingerprint density at radius 2 is 1.84 bits per heavy atom. The molecule has 2 aromatic carbocycles. The van der Waals surface area contributed by atoms with E-state index in [0.717, 1.165) is 6.54 Å². The van der Waals surface area contributed by atoms with Crippen LogP contribution in [0.5, 0.6) is 0 Å². The number of sulfone groups is 1. The van der Waals surface area contributed by atoms with E-state index in [9.17, 15) is 26.0 Å². The molecule has 3 N–H and O–H groups in total. The third-order valence-electron chi connectivity index (χ3n) is 6.72. The van der Waals surface area contributed by atoms with Gasteiger partial charge in [0.15, 0.2) is 15.7 Å². The average Bonchev–Trinajstić information content (AvgIpc) is 3.40. The Bertz CT molecular complexity index is 1640. The molecule has 2 saturated heterocycles. The number of nitriles is 1. The van der Waals surface area contributed by atoms with E-state index in [1.807, 2.05) is 4.90 Å².